The minimum absolute atomic E-state index is 0. The average Bonchev–Trinajstić information content (AvgIpc) is 1.19. The van der Waals surface area contributed by atoms with E-state index in [9.17, 15) is 0 Å². The molecule has 0 radical (unpaired) electrons. The van der Waals surface area contributed by atoms with Gasteiger partial charge in [0.05, 0.1) is 0 Å². The summed E-state index contributed by atoms with van der Waals surface area (Å²) in [4.78, 5) is 8.36. The molecule has 0 atom stereocenters. The molecule has 0 aliphatic carbocycles. The summed E-state index contributed by atoms with van der Waals surface area (Å²) in [5, 5.41) is 13.6. The Bertz CT molecular complexity index is 159. The third-order valence-corrected chi connectivity index (χ3v) is 0. The Morgan fingerprint density at radius 2 is 1.27 bits per heavy atom. The van der Waals surface area contributed by atoms with Crippen molar-refractivity contribution in [2.75, 3.05) is 0 Å². The van der Waals surface area contributed by atoms with Gasteiger partial charge in [0.1, 0.15) is 0 Å². The van der Waals surface area contributed by atoms with Crippen molar-refractivity contribution in [3.05, 3.63) is 10.1 Å². The maximum absolute atomic E-state index is 8.52. The van der Waals surface area contributed by atoms with Crippen molar-refractivity contribution in [2.24, 2.45) is 0 Å². The van der Waals surface area contributed by atoms with Gasteiger partial charge in [-0.25, -0.2) is 0 Å². The molecule has 64 valence electrons. The zero-order valence-corrected chi connectivity index (χ0v) is 10.4. The largest absolute Gasteiger partial charge is 2.00 e. The van der Waals surface area contributed by atoms with Crippen molar-refractivity contribution in [2.45, 2.75) is 0 Å². The first kappa shape index (κ1) is 22.6. The molecule has 4 N–H and O–H groups in total. The second-order valence-electron chi connectivity index (χ2n) is 0.646. The molecule has 11 heteroatoms. The first-order valence-electron chi connectivity index (χ1n) is 1.23. The summed E-state index contributed by atoms with van der Waals surface area (Å²) in [7, 11) is -5.17. The van der Waals surface area contributed by atoms with Gasteiger partial charge in [-0.05, 0) is 0 Å². The van der Waals surface area contributed by atoms with Crippen LogP contribution in [0.4, 0.5) is 0 Å². The van der Waals surface area contributed by atoms with Crippen molar-refractivity contribution in [1.82, 2.24) is 6.15 Å². The van der Waals surface area contributed by atoms with E-state index in [0.717, 1.165) is 0 Å². The van der Waals surface area contributed by atoms with E-state index in [4.69, 9.17) is 32.8 Å². The van der Waals surface area contributed by atoms with Gasteiger partial charge in [0.15, 0.2) is 0 Å². The normalized spacial score (nSPS) is 7.45. The van der Waals surface area contributed by atoms with Crippen LogP contribution in [0, 0.1) is 10.1 Å². The molecule has 0 aromatic heterocycles. The van der Waals surface area contributed by atoms with Gasteiger partial charge in [-0.1, -0.05) is 0 Å². The molecular weight excluding hydrogens is 309 g/mol. The molecule has 11 heavy (non-hydrogen) atoms. The van der Waals surface area contributed by atoms with Crippen LogP contribution in [0.15, 0.2) is 0 Å². The number of rotatable bonds is 0. The summed E-state index contributed by atoms with van der Waals surface area (Å²) in [6.07, 6.45) is 0. The number of nitrogens with zero attached hydrogens (tertiary/aromatic N) is 1. The van der Waals surface area contributed by atoms with Crippen molar-refractivity contribution in [1.29, 1.82) is 0 Å². The second-order valence-corrected chi connectivity index (χ2v) is 1.46. The van der Waals surface area contributed by atoms with E-state index in [-0.39, 0.29) is 55.0 Å². The maximum atomic E-state index is 8.52. The first-order chi connectivity index (χ1) is 3.73. The Kier molecular flexibility index (Phi) is 21.7. The molecule has 0 aromatic carbocycles. The molecule has 0 saturated heterocycles. The summed E-state index contributed by atoms with van der Waals surface area (Å²) in [6.45, 7) is 0. The molecule has 0 saturated carbocycles. The Morgan fingerprint density at radius 1 is 1.27 bits per heavy atom. The fourth-order valence-electron chi connectivity index (χ4n) is 0. The smallest absolute Gasteiger partial charge is 0.759 e. The summed E-state index contributed by atoms with van der Waals surface area (Å²) in [5.41, 5.74) is 0. The second kappa shape index (κ2) is 10.6. The summed E-state index contributed by atoms with van der Waals surface area (Å²) >= 11 is 0. The molecule has 0 unspecified atom stereocenters. The van der Waals surface area contributed by atoms with Gasteiger partial charge in [-0.2, -0.15) is 0 Å². The molecule has 9 nitrogen and oxygen atoms in total. The van der Waals surface area contributed by atoms with Gasteiger partial charge in [-0.15, -0.1) is 10.1 Å². The molecule has 0 spiro atoms. The van der Waals surface area contributed by atoms with E-state index < -0.39 is 15.5 Å². The standard InChI is InChI=1S/Ba.HNO3.H3N.H2O4S/c;2-1(3)4;;1-5(2,3)4/h;(H,2,3,4);1H3;(H2,1,2,3,4)/q+2;;;/p-2. The zero-order chi connectivity index (χ0) is 8.08. The third-order valence-electron chi connectivity index (χ3n) is 0. The van der Waals surface area contributed by atoms with Crippen LogP contribution in [0.25, 0.3) is 0 Å². The van der Waals surface area contributed by atoms with Gasteiger partial charge in [-0.3, -0.25) is 8.42 Å². The fraction of sp³-hybridized carbons (Fsp3) is 0. The Hall–Kier alpha value is 0.601. The van der Waals surface area contributed by atoms with E-state index in [2.05, 4.69) is 0 Å². The zero-order valence-electron chi connectivity index (χ0n) is 5.17. The molecule has 0 bridgehead atoms. The Labute approximate surface area is 102 Å². The van der Waals surface area contributed by atoms with Crippen LogP contribution < -0.4 is 6.15 Å². The van der Waals surface area contributed by atoms with Crippen molar-refractivity contribution in [3.8, 4) is 0 Å². The summed E-state index contributed by atoms with van der Waals surface area (Å²) in [6, 6.07) is 0. The van der Waals surface area contributed by atoms with Crippen LogP contribution in [0.3, 0.4) is 0 Å². The third kappa shape index (κ3) is 2170. The summed E-state index contributed by atoms with van der Waals surface area (Å²) in [5.74, 6) is 0. The van der Waals surface area contributed by atoms with E-state index >= 15 is 0 Å². The van der Waals surface area contributed by atoms with Crippen LogP contribution in [0.1, 0.15) is 0 Å². The van der Waals surface area contributed by atoms with Gasteiger partial charge in [0.2, 0.25) is 0 Å². The average molecular weight is 313 g/mol. The van der Waals surface area contributed by atoms with Crippen LogP contribution in [-0.4, -0.2) is 76.7 Å². The molecule has 0 amide bonds. The van der Waals surface area contributed by atoms with Crippen LogP contribution >= 0.6 is 0 Å². The van der Waals surface area contributed by atoms with E-state index in [0.29, 0.717) is 0 Å². The van der Waals surface area contributed by atoms with Crippen molar-refractivity contribution < 1.29 is 27.8 Å². The molecule has 0 fully saturated rings. The van der Waals surface area contributed by atoms with Crippen LogP contribution in [0.2, 0.25) is 0 Å². The minimum Gasteiger partial charge on any atom is -0.759 e. The molecule has 0 rings (SSSR count). The molecular formula is H4BaN2O7S. The molecule has 0 heterocycles. The predicted octanol–water partition coefficient (Wildman–Crippen LogP) is -1.90. The van der Waals surface area contributed by atoms with Crippen LogP contribution in [-0.2, 0) is 10.4 Å². The van der Waals surface area contributed by atoms with Crippen molar-refractivity contribution in [3.63, 3.8) is 0 Å². The van der Waals surface area contributed by atoms with Gasteiger partial charge < -0.3 is 20.5 Å². The Balaban J connectivity index is -0.0000000383. The van der Waals surface area contributed by atoms with Gasteiger partial charge in [0.25, 0.3) is 5.09 Å². The topological polar surface area (TPSA) is 179 Å². The quantitative estimate of drug-likeness (QED) is 0.171. The van der Waals surface area contributed by atoms with Gasteiger partial charge in [0, 0.05) is 10.4 Å². The van der Waals surface area contributed by atoms with E-state index in [1.165, 1.54) is 0 Å². The number of hydrogen-bond acceptors (Lipinski definition) is 7. The van der Waals surface area contributed by atoms with Crippen molar-refractivity contribution >= 4 is 59.3 Å². The molecule has 0 aliphatic rings. The van der Waals surface area contributed by atoms with E-state index in [1.54, 1.807) is 0 Å². The fourth-order valence-corrected chi connectivity index (χ4v) is 0. The Morgan fingerprint density at radius 3 is 1.27 bits per heavy atom. The maximum Gasteiger partial charge on any atom is 2.00 e. The number of hydrogen-bond donors (Lipinski definition) is 2. The molecule has 0 aliphatic heterocycles. The SMILES string of the molecule is N.O=S(=O)([O-])[O-].O=[N+]([O-])O.[Ba+2]. The monoisotopic (exact) mass is 314 g/mol. The first-order valence-corrected chi connectivity index (χ1v) is 2.57. The predicted molar refractivity (Wildman–Crippen MR) is 30.0 cm³/mol. The van der Waals surface area contributed by atoms with Gasteiger partial charge >= 0.3 is 48.9 Å². The molecule has 0 aromatic rings. The van der Waals surface area contributed by atoms with Crippen LogP contribution in [0.5, 0.6) is 0 Å². The summed E-state index contributed by atoms with van der Waals surface area (Å²) < 4.78 is 34.1. The minimum atomic E-state index is -5.17. The van der Waals surface area contributed by atoms with E-state index in [1.807, 2.05) is 0 Å².